The maximum atomic E-state index is 11.2. The van der Waals surface area contributed by atoms with E-state index in [-0.39, 0.29) is 0 Å². The molecule has 0 aliphatic heterocycles. The van der Waals surface area contributed by atoms with Crippen molar-refractivity contribution in [1.82, 2.24) is 18.3 Å². The van der Waals surface area contributed by atoms with Gasteiger partial charge in [0, 0.05) is 54.5 Å². The number of benzene rings is 10. The normalized spacial score (nSPS) is 11.9. The molecule has 0 bridgehead atoms. The zero-order valence-electron chi connectivity index (χ0n) is 35.3. The number of nitrogens with zero attached hydrogens (tertiary/aromatic N) is 6. The largest absolute Gasteiger partial charge is 0.319 e. The average molecular weight is 839 g/mol. The number of fused-ring (bicyclic) bond motifs is 14. The second-order valence-electron chi connectivity index (χ2n) is 17.1. The summed E-state index contributed by atoms with van der Waals surface area (Å²) in [5.41, 5.74) is 12.7. The molecular formula is C60H34N6. The van der Waals surface area contributed by atoms with Crippen LogP contribution in [0.4, 0.5) is 5.69 Å². The summed E-state index contributed by atoms with van der Waals surface area (Å²) in [5.74, 6) is 0. The zero-order valence-corrected chi connectivity index (χ0v) is 35.3. The monoisotopic (exact) mass is 838 g/mol. The van der Waals surface area contributed by atoms with Gasteiger partial charge in [-0.3, -0.25) is 0 Å². The first-order valence-corrected chi connectivity index (χ1v) is 22.1. The molecule has 4 aromatic heterocycles. The maximum absolute atomic E-state index is 11.2. The molecule has 0 saturated carbocycles. The van der Waals surface area contributed by atoms with Gasteiger partial charge in [-0.1, -0.05) is 121 Å². The molecule has 14 rings (SSSR count). The van der Waals surface area contributed by atoms with E-state index in [4.69, 9.17) is 6.57 Å². The van der Waals surface area contributed by atoms with E-state index >= 15 is 0 Å². The molecule has 0 spiro atoms. The van der Waals surface area contributed by atoms with E-state index in [1.54, 1.807) is 0 Å². The van der Waals surface area contributed by atoms with Crippen LogP contribution in [-0.2, 0) is 0 Å². The Balaban J connectivity index is 1.05. The summed E-state index contributed by atoms with van der Waals surface area (Å²) in [6, 6.07) is 75.1. The Kier molecular flexibility index (Phi) is 7.43. The summed E-state index contributed by atoms with van der Waals surface area (Å²) < 4.78 is 9.05. The van der Waals surface area contributed by atoms with Crippen LogP contribution in [0.3, 0.4) is 0 Å². The molecular weight excluding hydrogens is 805 g/mol. The minimum Gasteiger partial charge on any atom is -0.319 e. The highest BCUT2D eigenvalue weighted by atomic mass is 15.0. The van der Waals surface area contributed by atoms with E-state index < -0.39 is 0 Å². The third kappa shape index (κ3) is 4.87. The van der Waals surface area contributed by atoms with E-state index in [0.717, 1.165) is 93.2 Å². The van der Waals surface area contributed by atoms with Crippen LogP contribution in [0.5, 0.6) is 0 Å². The number of hydrogen-bond donors (Lipinski definition) is 0. The van der Waals surface area contributed by atoms with Crippen molar-refractivity contribution in [3.05, 3.63) is 223 Å². The second-order valence-corrected chi connectivity index (χ2v) is 17.1. The molecule has 4 heterocycles. The van der Waals surface area contributed by atoms with Crippen LogP contribution in [0.15, 0.2) is 206 Å². The third-order valence-electron chi connectivity index (χ3n) is 13.8. The molecule has 0 unspecified atom stereocenters. The van der Waals surface area contributed by atoms with E-state index in [1.165, 1.54) is 16.2 Å². The van der Waals surface area contributed by atoms with Crippen molar-refractivity contribution in [3.63, 3.8) is 0 Å². The maximum Gasteiger partial charge on any atom is 0.212 e. The predicted octanol–water partition coefficient (Wildman–Crippen LogP) is 15.7. The lowest BCUT2D eigenvalue weighted by Gasteiger charge is -2.16. The van der Waals surface area contributed by atoms with Gasteiger partial charge in [-0.05, 0) is 95.7 Å². The van der Waals surface area contributed by atoms with Crippen LogP contribution in [-0.4, -0.2) is 18.3 Å². The third-order valence-corrected chi connectivity index (χ3v) is 13.8. The minimum absolute atomic E-state index is 0.452. The van der Waals surface area contributed by atoms with Crippen molar-refractivity contribution in [2.75, 3.05) is 0 Å². The van der Waals surface area contributed by atoms with Crippen molar-refractivity contribution in [2.45, 2.75) is 0 Å². The first-order chi connectivity index (χ1) is 32.7. The van der Waals surface area contributed by atoms with Crippen molar-refractivity contribution >= 4 is 104 Å². The van der Waals surface area contributed by atoms with Gasteiger partial charge in [0.1, 0.15) is 6.07 Å². The Bertz CT molecular complexity index is 4430. The first-order valence-electron chi connectivity index (χ1n) is 22.1. The number of aromatic nitrogens is 4. The van der Waals surface area contributed by atoms with Crippen LogP contribution < -0.4 is 0 Å². The van der Waals surface area contributed by atoms with Crippen LogP contribution in [0.25, 0.3) is 126 Å². The van der Waals surface area contributed by atoms with Crippen molar-refractivity contribution in [1.29, 1.82) is 5.26 Å². The van der Waals surface area contributed by atoms with Crippen LogP contribution >= 0.6 is 0 Å². The topological polar surface area (TPSA) is 47.9 Å². The highest BCUT2D eigenvalue weighted by Crippen LogP contribution is 2.45. The van der Waals surface area contributed by atoms with Gasteiger partial charge < -0.3 is 18.3 Å². The number of rotatable bonds is 4. The molecule has 0 radical (unpaired) electrons. The van der Waals surface area contributed by atoms with Gasteiger partial charge in [-0.25, -0.2) is 4.85 Å². The summed E-state index contributed by atoms with van der Waals surface area (Å²) in [6.45, 7) is 8.79. The second kappa shape index (κ2) is 13.6. The molecule has 0 N–H and O–H groups in total. The van der Waals surface area contributed by atoms with Crippen LogP contribution in [0, 0.1) is 17.9 Å². The highest BCUT2D eigenvalue weighted by Gasteiger charge is 2.24. The quantitative estimate of drug-likeness (QED) is 0.163. The summed E-state index contributed by atoms with van der Waals surface area (Å²) in [4.78, 5) is 4.26. The smallest absolute Gasteiger partial charge is 0.212 e. The lowest BCUT2D eigenvalue weighted by molar-refractivity contribution is 1.14. The average Bonchev–Trinajstić information content (AvgIpc) is 4.10. The Morgan fingerprint density at radius 3 is 1.48 bits per heavy atom. The first kappa shape index (κ1) is 36.2. The van der Waals surface area contributed by atoms with Gasteiger partial charge in [-0.15, -0.1) is 0 Å². The van der Waals surface area contributed by atoms with Gasteiger partial charge >= 0.3 is 0 Å². The molecule has 0 atom stereocenters. The number of nitriles is 1. The molecule has 0 aliphatic carbocycles. The molecule has 0 fully saturated rings. The van der Waals surface area contributed by atoms with E-state index in [2.05, 4.69) is 211 Å². The number of para-hydroxylation sites is 5. The SMILES string of the molecule is [C-]#[N+]c1cc(-n2c3ccc(-n4c5ccccc5c5ccccc54)cc3c3c4ccccc4ccc32)c(C#N)cc1-n1c2ccccc2c2cc3c4ccccc4n(-c4ccccc4)c3cc21. The molecule has 304 valence electrons. The Morgan fingerprint density at radius 2 is 0.848 bits per heavy atom. The summed E-state index contributed by atoms with van der Waals surface area (Å²) in [6.07, 6.45) is 0. The van der Waals surface area contributed by atoms with Gasteiger partial charge in [0.25, 0.3) is 0 Å². The Morgan fingerprint density at radius 1 is 0.348 bits per heavy atom. The lowest BCUT2D eigenvalue weighted by Crippen LogP contribution is -2.02. The molecule has 10 aromatic carbocycles. The fourth-order valence-corrected chi connectivity index (χ4v) is 11.0. The summed E-state index contributed by atoms with van der Waals surface area (Å²) >= 11 is 0. The molecule has 0 saturated heterocycles. The molecule has 6 nitrogen and oxygen atoms in total. The zero-order chi connectivity index (χ0) is 43.6. The van der Waals surface area contributed by atoms with E-state index in [1.807, 2.05) is 24.3 Å². The van der Waals surface area contributed by atoms with Crippen LogP contribution in [0.2, 0.25) is 0 Å². The fraction of sp³-hybridized carbons (Fsp3) is 0. The molecule has 0 amide bonds. The minimum atomic E-state index is 0.452. The van der Waals surface area contributed by atoms with Gasteiger partial charge in [0.15, 0.2) is 0 Å². The number of hydrogen-bond acceptors (Lipinski definition) is 1. The van der Waals surface area contributed by atoms with Gasteiger partial charge in [-0.2, -0.15) is 5.26 Å². The molecule has 0 aliphatic rings. The fourth-order valence-electron chi connectivity index (χ4n) is 11.0. The lowest BCUT2D eigenvalue weighted by atomic mass is 10.0. The van der Waals surface area contributed by atoms with Crippen molar-refractivity contribution < 1.29 is 0 Å². The standard InChI is InChI=1S/C60H34N6/c1-62-49-34-56(65-54-30-28-40(32-48(54)60-41-18-6-5-15-37(41)27-29-55(60)65)64-50-23-11-7-19-42(50)43-20-8-12-24-51(43)64)38(36-61)31-59(49)66-53-26-14-10-22-45(53)47-33-46-44-21-9-13-25-52(44)63(57(46)35-58(47)66)39-16-3-2-4-17-39/h2-35H. The van der Waals surface area contributed by atoms with E-state index in [0.29, 0.717) is 22.6 Å². The molecule has 6 heteroatoms. The highest BCUT2D eigenvalue weighted by molar-refractivity contribution is 6.23. The van der Waals surface area contributed by atoms with Gasteiger partial charge in [0.2, 0.25) is 5.69 Å². The molecule has 66 heavy (non-hydrogen) atoms. The Hall–Kier alpha value is -9.36. The van der Waals surface area contributed by atoms with Crippen molar-refractivity contribution in [2.24, 2.45) is 0 Å². The summed E-state index contributed by atoms with van der Waals surface area (Å²) in [7, 11) is 0. The van der Waals surface area contributed by atoms with Gasteiger partial charge in [0.05, 0.1) is 67.6 Å². The van der Waals surface area contributed by atoms with Crippen molar-refractivity contribution in [3.8, 4) is 28.8 Å². The summed E-state index contributed by atoms with van der Waals surface area (Å²) in [5, 5.41) is 22.6. The van der Waals surface area contributed by atoms with Crippen LogP contribution in [0.1, 0.15) is 5.56 Å². The molecule has 14 aromatic rings. The Labute approximate surface area is 377 Å². The predicted molar refractivity (Wildman–Crippen MR) is 272 cm³/mol. The van der Waals surface area contributed by atoms with E-state index in [9.17, 15) is 5.26 Å².